The van der Waals surface area contributed by atoms with Crippen LogP contribution in [0.1, 0.15) is 17.3 Å². The van der Waals surface area contributed by atoms with E-state index in [0.29, 0.717) is 12.3 Å². The van der Waals surface area contributed by atoms with E-state index in [9.17, 15) is 9.18 Å². The van der Waals surface area contributed by atoms with Crippen molar-refractivity contribution in [3.8, 4) is 5.75 Å². The number of rotatable bonds is 4. The molecule has 4 rings (SSSR count). The van der Waals surface area contributed by atoms with Gasteiger partial charge in [-0.3, -0.25) is 4.79 Å². The van der Waals surface area contributed by atoms with Crippen molar-refractivity contribution >= 4 is 5.91 Å². The average molecular weight is 350 g/mol. The molecule has 1 unspecified atom stereocenters. The van der Waals surface area contributed by atoms with Gasteiger partial charge in [0.05, 0.1) is 6.04 Å². The van der Waals surface area contributed by atoms with E-state index in [0.717, 1.165) is 17.8 Å². The van der Waals surface area contributed by atoms with Gasteiger partial charge in [0.2, 0.25) is 0 Å². The molecule has 1 atom stereocenters. The maximum absolute atomic E-state index is 13.0. The van der Waals surface area contributed by atoms with E-state index in [-0.39, 0.29) is 24.4 Å². The number of benzene rings is 2. The number of hydrogen-bond donors (Lipinski definition) is 0. The number of ether oxygens (including phenoxy) is 1. The third kappa shape index (κ3) is 3.20. The fourth-order valence-electron chi connectivity index (χ4n) is 3.40. The lowest BCUT2D eigenvalue weighted by atomic mass is 10.00. The Morgan fingerprint density at radius 1 is 1.00 bits per heavy atom. The first kappa shape index (κ1) is 16.4. The number of aromatic nitrogens is 1. The second-order valence-corrected chi connectivity index (χ2v) is 6.27. The van der Waals surface area contributed by atoms with Crippen LogP contribution in [0.15, 0.2) is 72.9 Å². The lowest BCUT2D eigenvalue weighted by Gasteiger charge is -2.37. The van der Waals surface area contributed by atoms with Gasteiger partial charge in [-0.25, -0.2) is 4.39 Å². The van der Waals surface area contributed by atoms with Crippen LogP contribution in [0, 0.1) is 5.82 Å². The van der Waals surface area contributed by atoms with Gasteiger partial charge in [0.15, 0.2) is 6.61 Å². The topological polar surface area (TPSA) is 34.5 Å². The van der Waals surface area contributed by atoms with Gasteiger partial charge in [0.25, 0.3) is 5.91 Å². The van der Waals surface area contributed by atoms with Gasteiger partial charge in [-0.2, -0.15) is 0 Å². The highest BCUT2D eigenvalue weighted by Crippen LogP contribution is 2.32. The van der Waals surface area contributed by atoms with Gasteiger partial charge in [-0.1, -0.05) is 30.3 Å². The van der Waals surface area contributed by atoms with Crippen LogP contribution >= 0.6 is 0 Å². The minimum atomic E-state index is -0.329. The zero-order chi connectivity index (χ0) is 17.9. The molecule has 5 heteroatoms. The number of halogens is 1. The number of hydrogen-bond acceptors (Lipinski definition) is 2. The van der Waals surface area contributed by atoms with Crippen molar-refractivity contribution in [3.63, 3.8) is 0 Å². The lowest BCUT2D eigenvalue weighted by Crippen LogP contribution is -2.44. The fourth-order valence-corrected chi connectivity index (χ4v) is 3.40. The lowest BCUT2D eigenvalue weighted by molar-refractivity contribution is -0.136. The Balaban J connectivity index is 1.56. The average Bonchev–Trinajstić information content (AvgIpc) is 3.16. The van der Waals surface area contributed by atoms with Gasteiger partial charge in [0.1, 0.15) is 11.6 Å². The van der Waals surface area contributed by atoms with Gasteiger partial charge >= 0.3 is 0 Å². The summed E-state index contributed by atoms with van der Waals surface area (Å²) in [7, 11) is 0. The van der Waals surface area contributed by atoms with Crippen LogP contribution in [0.2, 0.25) is 0 Å². The standard InChI is InChI=1S/C21H19FN2O2/c22-17-8-10-18(11-9-17)26-15-20(25)24-14-13-23-12-4-7-19(23)21(24)16-5-2-1-3-6-16/h1-12,21H,13-15H2. The first-order valence-corrected chi connectivity index (χ1v) is 8.60. The van der Waals surface area contributed by atoms with Crippen LogP contribution in [0.25, 0.3) is 0 Å². The van der Waals surface area contributed by atoms with E-state index in [4.69, 9.17) is 4.74 Å². The largest absolute Gasteiger partial charge is 0.484 e. The predicted octanol–water partition coefficient (Wildman–Crippen LogP) is 3.64. The summed E-state index contributed by atoms with van der Waals surface area (Å²) in [5, 5.41) is 0. The summed E-state index contributed by atoms with van der Waals surface area (Å²) in [5.74, 6) is 0.0663. The number of fused-ring (bicyclic) bond motifs is 1. The van der Waals surface area contributed by atoms with E-state index in [1.54, 1.807) is 0 Å². The van der Waals surface area contributed by atoms with Crippen molar-refractivity contribution < 1.29 is 13.9 Å². The van der Waals surface area contributed by atoms with Gasteiger partial charge < -0.3 is 14.2 Å². The molecule has 26 heavy (non-hydrogen) atoms. The summed E-state index contributed by atoms with van der Waals surface area (Å²) in [4.78, 5) is 14.7. The maximum Gasteiger partial charge on any atom is 0.261 e. The van der Waals surface area contributed by atoms with Crippen molar-refractivity contribution in [2.45, 2.75) is 12.6 Å². The minimum absolute atomic E-state index is 0.0737. The second-order valence-electron chi connectivity index (χ2n) is 6.27. The Kier molecular flexibility index (Phi) is 4.44. The molecule has 0 radical (unpaired) electrons. The maximum atomic E-state index is 13.0. The quantitative estimate of drug-likeness (QED) is 0.720. The van der Waals surface area contributed by atoms with Crippen LogP contribution in [0.4, 0.5) is 4.39 Å². The molecular formula is C21H19FN2O2. The Labute approximate surface area is 151 Å². The van der Waals surface area contributed by atoms with Crippen molar-refractivity contribution in [2.75, 3.05) is 13.2 Å². The molecule has 3 aromatic rings. The van der Waals surface area contributed by atoms with Gasteiger partial charge in [0, 0.05) is 25.0 Å². The molecule has 0 spiro atoms. The van der Waals surface area contributed by atoms with Crippen LogP contribution in [-0.4, -0.2) is 28.5 Å². The van der Waals surface area contributed by atoms with Crippen molar-refractivity contribution in [3.05, 3.63) is 90.0 Å². The molecule has 0 saturated carbocycles. The van der Waals surface area contributed by atoms with E-state index in [1.807, 2.05) is 47.5 Å². The van der Waals surface area contributed by atoms with E-state index >= 15 is 0 Å². The van der Waals surface area contributed by atoms with Crippen LogP contribution in [-0.2, 0) is 11.3 Å². The van der Waals surface area contributed by atoms with Gasteiger partial charge in [-0.05, 0) is 42.0 Å². The normalized spacial score (nSPS) is 16.2. The van der Waals surface area contributed by atoms with Crippen molar-refractivity contribution in [1.82, 2.24) is 9.47 Å². The third-order valence-electron chi connectivity index (χ3n) is 4.65. The van der Waals surface area contributed by atoms with Crippen LogP contribution in [0.3, 0.4) is 0 Å². The molecule has 2 aromatic carbocycles. The molecular weight excluding hydrogens is 331 g/mol. The van der Waals surface area contributed by atoms with Crippen molar-refractivity contribution in [2.24, 2.45) is 0 Å². The molecule has 1 aliphatic heterocycles. The molecule has 1 aromatic heterocycles. The number of carbonyl (C=O) groups is 1. The Morgan fingerprint density at radius 3 is 2.54 bits per heavy atom. The SMILES string of the molecule is O=C(COc1ccc(F)cc1)N1CCn2cccc2C1c1ccccc1. The van der Waals surface area contributed by atoms with E-state index in [2.05, 4.69) is 10.6 Å². The Bertz CT molecular complexity index is 890. The zero-order valence-corrected chi connectivity index (χ0v) is 14.2. The summed E-state index contributed by atoms with van der Waals surface area (Å²) in [5.41, 5.74) is 2.17. The fraction of sp³-hybridized carbons (Fsp3) is 0.190. The summed E-state index contributed by atoms with van der Waals surface area (Å²) >= 11 is 0. The summed E-state index contributed by atoms with van der Waals surface area (Å²) < 4.78 is 20.7. The molecule has 132 valence electrons. The Hall–Kier alpha value is -3.08. The molecule has 2 heterocycles. The highest BCUT2D eigenvalue weighted by atomic mass is 19.1. The molecule has 4 nitrogen and oxygen atoms in total. The first-order chi connectivity index (χ1) is 12.7. The zero-order valence-electron chi connectivity index (χ0n) is 14.2. The highest BCUT2D eigenvalue weighted by Gasteiger charge is 2.32. The highest BCUT2D eigenvalue weighted by molar-refractivity contribution is 5.79. The molecule has 0 N–H and O–H groups in total. The Morgan fingerprint density at radius 2 is 1.77 bits per heavy atom. The number of amides is 1. The predicted molar refractivity (Wildman–Crippen MR) is 96.3 cm³/mol. The second kappa shape index (κ2) is 7.04. The first-order valence-electron chi connectivity index (χ1n) is 8.60. The molecule has 1 aliphatic rings. The smallest absolute Gasteiger partial charge is 0.261 e. The van der Waals surface area contributed by atoms with Crippen LogP contribution < -0.4 is 4.74 Å². The summed E-state index contributed by atoms with van der Waals surface area (Å²) in [6.45, 7) is 1.30. The number of carbonyl (C=O) groups excluding carboxylic acids is 1. The molecule has 0 bridgehead atoms. The van der Waals surface area contributed by atoms with Crippen molar-refractivity contribution in [1.29, 1.82) is 0 Å². The summed E-state index contributed by atoms with van der Waals surface area (Å²) in [6.07, 6.45) is 2.04. The number of nitrogens with zero attached hydrogens (tertiary/aromatic N) is 2. The summed E-state index contributed by atoms with van der Waals surface area (Å²) in [6, 6.07) is 19.6. The molecule has 0 fully saturated rings. The van der Waals surface area contributed by atoms with E-state index < -0.39 is 0 Å². The minimum Gasteiger partial charge on any atom is -0.484 e. The van der Waals surface area contributed by atoms with Crippen LogP contribution in [0.5, 0.6) is 5.75 Å². The molecule has 0 saturated heterocycles. The molecule has 0 aliphatic carbocycles. The third-order valence-corrected chi connectivity index (χ3v) is 4.65. The monoisotopic (exact) mass is 350 g/mol. The van der Waals surface area contributed by atoms with E-state index in [1.165, 1.54) is 24.3 Å². The molecule has 1 amide bonds. The van der Waals surface area contributed by atoms with Gasteiger partial charge in [-0.15, -0.1) is 0 Å².